The van der Waals surface area contributed by atoms with Gasteiger partial charge in [-0.1, -0.05) is 43.9 Å². The van der Waals surface area contributed by atoms with Crippen LogP contribution < -0.4 is 25.4 Å². The molecular formula is C32H38F5N3O4. The highest BCUT2D eigenvalue weighted by Gasteiger charge is 2.62. The summed E-state index contributed by atoms with van der Waals surface area (Å²) in [6.45, 7) is 2.02. The predicted molar refractivity (Wildman–Crippen MR) is 153 cm³/mol. The summed E-state index contributed by atoms with van der Waals surface area (Å²) in [5, 5.41) is 9.26. The monoisotopic (exact) mass is 623 g/mol. The van der Waals surface area contributed by atoms with Gasteiger partial charge in [0.2, 0.25) is 0 Å². The Labute approximate surface area is 253 Å². The Hall–Kier alpha value is -3.12. The number of nitrogens with one attached hydrogen (secondary N) is 3. The van der Waals surface area contributed by atoms with Crippen LogP contribution in [0.25, 0.3) is 0 Å². The fraction of sp³-hybridized carbons (Fsp3) is 0.594. The van der Waals surface area contributed by atoms with Gasteiger partial charge in [0.1, 0.15) is 17.6 Å². The molecule has 2 saturated carbocycles. The van der Waals surface area contributed by atoms with Crippen LogP contribution in [0.2, 0.25) is 0 Å². The number of rotatable bonds is 8. The van der Waals surface area contributed by atoms with Gasteiger partial charge in [0.25, 0.3) is 5.92 Å². The molecule has 2 amide bonds. The highest BCUT2D eigenvalue weighted by atomic mass is 19.4. The molecule has 12 heteroatoms. The fourth-order valence-corrected chi connectivity index (χ4v) is 7.15. The number of alkyl halides is 5. The Balaban J connectivity index is 1.19. The number of amides is 2. The van der Waals surface area contributed by atoms with Crippen molar-refractivity contribution in [2.24, 2.45) is 11.8 Å². The average Bonchev–Trinajstić information content (AvgIpc) is 3.44. The van der Waals surface area contributed by atoms with E-state index in [1.54, 1.807) is 30.3 Å². The van der Waals surface area contributed by atoms with E-state index >= 15 is 0 Å². The van der Waals surface area contributed by atoms with Crippen molar-refractivity contribution in [3.63, 3.8) is 0 Å². The number of hydrogen-bond acceptors (Lipinski definition) is 5. The summed E-state index contributed by atoms with van der Waals surface area (Å²) in [5.41, 5.74) is -2.03. The summed E-state index contributed by atoms with van der Waals surface area (Å²) in [4.78, 5) is 13.3. The topological polar surface area (TPSA) is 80.9 Å². The van der Waals surface area contributed by atoms with Crippen molar-refractivity contribution in [1.29, 1.82) is 0 Å². The zero-order chi connectivity index (χ0) is 31.1. The lowest BCUT2D eigenvalue weighted by Crippen LogP contribution is -2.64. The standard InChI is InChI=1S/C32H38F5N3O4/c1-19-16-24(20-6-2-3-7-20)27(40-29(41)39-21-10-12-22(13-11-21)43-23-17-30(33,34)18-23)28(38-19)44-26-9-5-4-8-25(26)31(14-15-42-31)32(35,36)37/h4-5,8-13,19-20,23-24,27-28,38H,2-3,6-7,14-18H2,1H3,(H2,39,40,41). The molecule has 4 fully saturated rings. The number of para-hydroxylation sites is 1. The van der Waals surface area contributed by atoms with Crippen molar-refractivity contribution in [2.75, 3.05) is 11.9 Å². The van der Waals surface area contributed by atoms with Crippen LogP contribution in [0.1, 0.15) is 63.9 Å². The van der Waals surface area contributed by atoms with Crippen molar-refractivity contribution in [3.8, 4) is 11.5 Å². The third-order valence-corrected chi connectivity index (χ3v) is 9.47. The van der Waals surface area contributed by atoms with E-state index in [1.165, 1.54) is 18.2 Å². The van der Waals surface area contributed by atoms with E-state index in [4.69, 9.17) is 14.2 Å². The van der Waals surface area contributed by atoms with Gasteiger partial charge in [-0.3, -0.25) is 5.32 Å². The van der Waals surface area contributed by atoms with Crippen LogP contribution in [0.15, 0.2) is 48.5 Å². The van der Waals surface area contributed by atoms with Crippen LogP contribution in [0.5, 0.6) is 11.5 Å². The second kappa shape index (κ2) is 12.0. The van der Waals surface area contributed by atoms with E-state index in [0.29, 0.717) is 17.4 Å². The molecule has 0 spiro atoms. The molecular weight excluding hydrogens is 585 g/mol. The van der Waals surface area contributed by atoms with E-state index in [0.717, 1.165) is 32.1 Å². The number of ether oxygens (including phenoxy) is 3. The Morgan fingerprint density at radius 1 is 1.02 bits per heavy atom. The number of hydrogen-bond donors (Lipinski definition) is 3. The lowest BCUT2D eigenvalue weighted by atomic mass is 9.77. The van der Waals surface area contributed by atoms with Crippen LogP contribution >= 0.6 is 0 Å². The number of carbonyl (C=O) groups excluding carboxylic acids is 1. The molecule has 2 aromatic carbocycles. The Kier molecular flexibility index (Phi) is 8.42. The number of urea groups is 1. The molecule has 5 atom stereocenters. The van der Waals surface area contributed by atoms with Gasteiger partial charge in [-0.2, -0.15) is 13.2 Å². The number of piperidine rings is 1. The molecule has 2 aliphatic heterocycles. The number of carbonyl (C=O) groups is 1. The quantitative estimate of drug-likeness (QED) is 0.273. The van der Waals surface area contributed by atoms with E-state index in [9.17, 15) is 26.7 Å². The Morgan fingerprint density at radius 3 is 2.32 bits per heavy atom. The third-order valence-electron chi connectivity index (χ3n) is 9.47. The molecule has 0 bridgehead atoms. The van der Waals surface area contributed by atoms with Crippen LogP contribution in [-0.2, 0) is 10.3 Å². The average molecular weight is 624 g/mol. The minimum atomic E-state index is -4.62. The Bertz CT molecular complexity index is 1310. The number of benzene rings is 2. The maximum Gasteiger partial charge on any atom is 0.421 e. The lowest BCUT2D eigenvalue weighted by Gasteiger charge is -2.46. The summed E-state index contributed by atoms with van der Waals surface area (Å²) < 4.78 is 86.0. The summed E-state index contributed by atoms with van der Waals surface area (Å²) in [7, 11) is 0. The second-order valence-electron chi connectivity index (χ2n) is 12.6. The van der Waals surface area contributed by atoms with Gasteiger partial charge in [0, 0.05) is 36.6 Å². The predicted octanol–water partition coefficient (Wildman–Crippen LogP) is 7.12. The summed E-state index contributed by atoms with van der Waals surface area (Å²) >= 11 is 0. The summed E-state index contributed by atoms with van der Waals surface area (Å²) in [6.07, 6.45) is -1.79. The van der Waals surface area contributed by atoms with Crippen molar-refractivity contribution < 1.29 is 41.0 Å². The Morgan fingerprint density at radius 2 is 1.70 bits per heavy atom. The summed E-state index contributed by atoms with van der Waals surface area (Å²) in [5.74, 6) is -1.79. The SMILES string of the molecule is CC1CC(C2CCCC2)C(NC(=O)Nc2ccc(OC3CC(F)(F)C3)cc2)C(Oc2ccccc2C2(C(F)(F)F)CCO2)N1. The summed E-state index contributed by atoms with van der Waals surface area (Å²) in [6, 6.07) is 11.5. The van der Waals surface area contributed by atoms with Crippen LogP contribution in [-0.4, -0.2) is 49.2 Å². The van der Waals surface area contributed by atoms with Gasteiger partial charge in [-0.15, -0.1) is 0 Å². The van der Waals surface area contributed by atoms with Crippen molar-refractivity contribution in [1.82, 2.24) is 10.6 Å². The first-order valence-electron chi connectivity index (χ1n) is 15.4. The van der Waals surface area contributed by atoms with Crippen LogP contribution in [0.4, 0.5) is 32.4 Å². The minimum absolute atomic E-state index is 0.00425. The molecule has 0 radical (unpaired) electrons. The first-order valence-corrected chi connectivity index (χ1v) is 15.4. The van der Waals surface area contributed by atoms with Crippen LogP contribution in [0, 0.1) is 11.8 Å². The second-order valence-corrected chi connectivity index (χ2v) is 12.6. The minimum Gasteiger partial charge on any atom is -0.490 e. The van der Waals surface area contributed by atoms with Gasteiger partial charge in [-0.05, 0) is 55.5 Å². The van der Waals surface area contributed by atoms with Gasteiger partial charge in [0.15, 0.2) is 11.8 Å². The molecule has 2 saturated heterocycles. The lowest BCUT2D eigenvalue weighted by molar-refractivity contribution is -0.334. The molecule has 2 heterocycles. The maximum absolute atomic E-state index is 14.2. The van der Waals surface area contributed by atoms with Crippen molar-refractivity contribution >= 4 is 11.7 Å². The molecule has 44 heavy (non-hydrogen) atoms. The molecule has 240 valence electrons. The molecule has 2 aromatic rings. The molecule has 2 aliphatic carbocycles. The van der Waals surface area contributed by atoms with Gasteiger partial charge >= 0.3 is 12.2 Å². The molecule has 4 aliphatic rings. The zero-order valence-electron chi connectivity index (χ0n) is 24.5. The van der Waals surface area contributed by atoms with Gasteiger partial charge in [0.05, 0.1) is 12.6 Å². The third kappa shape index (κ3) is 6.33. The maximum atomic E-state index is 14.2. The molecule has 5 unspecified atom stereocenters. The van der Waals surface area contributed by atoms with E-state index < -0.39 is 42.1 Å². The van der Waals surface area contributed by atoms with Gasteiger partial charge in [-0.25, -0.2) is 13.6 Å². The smallest absolute Gasteiger partial charge is 0.421 e. The van der Waals surface area contributed by atoms with Crippen molar-refractivity contribution in [3.05, 3.63) is 54.1 Å². The zero-order valence-corrected chi connectivity index (χ0v) is 24.5. The molecule has 7 nitrogen and oxygen atoms in total. The van der Waals surface area contributed by atoms with E-state index in [1.807, 2.05) is 6.92 Å². The largest absolute Gasteiger partial charge is 0.490 e. The van der Waals surface area contributed by atoms with Gasteiger partial charge < -0.3 is 24.8 Å². The van der Waals surface area contributed by atoms with Crippen LogP contribution in [0.3, 0.4) is 0 Å². The fourth-order valence-electron chi connectivity index (χ4n) is 7.15. The molecule has 3 N–H and O–H groups in total. The van der Waals surface area contributed by atoms with E-state index in [2.05, 4.69) is 16.0 Å². The number of halogens is 5. The normalized spacial score (nSPS) is 30.6. The molecule has 6 rings (SSSR count). The van der Waals surface area contributed by atoms with E-state index in [-0.39, 0.29) is 49.1 Å². The highest BCUT2D eigenvalue weighted by Crippen LogP contribution is 2.53. The highest BCUT2D eigenvalue weighted by molar-refractivity contribution is 5.89. The molecule has 0 aromatic heterocycles. The number of anilines is 1. The van der Waals surface area contributed by atoms with Crippen molar-refractivity contribution in [2.45, 2.75) is 100 Å². The first kappa shape index (κ1) is 30.9. The first-order chi connectivity index (χ1) is 20.9.